The lowest BCUT2D eigenvalue weighted by molar-refractivity contribution is -0.0103. The first kappa shape index (κ1) is 14.7. The molecule has 3 heteroatoms. The van der Waals surface area contributed by atoms with Crippen LogP contribution >= 0.6 is 11.3 Å². The van der Waals surface area contributed by atoms with E-state index in [4.69, 9.17) is 4.74 Å². The van der Waals surface area contributed by atoms with Gasteiger partial charge in [0.2, 0.25) is 0 Å². The van der Waals surface area contributed by atoms with Crippen LogP contribution in [0.3, 0.4) is 0 Å². The van der Waals surface area contributed by atoms with E-state index in [1.807, 2.05) is 18.3 Å². The lowest BCUT2D eigenvalue weighted by Crippen LogP contribution is -2.38. The summed E-state index contributed by atoms with van der Waals surface area (Å²) in [5.74, 6) is 0. The molecule has 0 bridgehead atoms. The fourth-order valence-corrected chi connectivity index (χ4v) is 3.05. The smallest absolute Gasteiger partial charge is 0.0750 e. The Morgan fingerprint density at radius 2 is 2.06 bits per heavy atom. The molecule has 1 N–H and O–H groups in total. The maximum atomic E-state index is 5.69. The van der Waals surface area contributed by atoms with Crippen molar-refractivity contribution in [3.05, 3.63) is 21.4 Å². The highest BCUT2D eigenvalue weighted by atomic mass is 32.1. The fourth-order valence-electron chi connectivity index (χ4n) is 2.03. The second-order valence-corrected chi connectivity index (χ2v) is 6.62. The molecular formula is C14H25NOS. The molecule has 1 rings (SSSR count). The monoisotopic (exact) mass is 255 g/mol. The summed E-state index contributed by atoms with van der Waals surface area (Å²) in [5, 5.41) is 3.56. The summed E-state index contributed by atoms with van der Waals surface area (Å²) in [5.41, 5.74) is 1.32. The van der Waals surface area contributed by atoms with E-state index in [0.29, 0.717) is 6.04 Å². The van der Waals surface area contributed by atoms with E-state index in [0.717, 1.165) is 13.2 Å². The van der Waals surface area contributed by atoms with Gasteiger partial charge in [0, 0.05) is 28.9 Å². The molecule has 0 saturated carbocycles. The van der Waals surface area contributed by atoms with Gasteiger partial charge in [-0.05, 0) is 53.2 Å². The van der Waals surface area contributed by atoms with Crippen LogP contribution in [-0.2, 0) is 4.74 Å². The summed E-state index contributed by atoms with van der Waals surface area (Å²) in [6.45, 7) is 14.5. The molecule has 0 amide bonds. The van der Waals surface area contributed by atoms with E-state index in [1.165, 1.54) is 15.3 Å². The zero-order valence-electron chi connectivity index (χ0n) is 11.9. The molecule has 0 aromatic carbocycles. The quantitative estimate of drug-likeness (QED) is 0.834. The van der Waals surface area contributed by atoms with E-state index in [2.05, 4.69) is 46.0 Å². The lowest BCUT2D eigenvalue weighted by Gasteiger charge is -2.27. The molecule has 17 heavy (non-hydrogen) atoms. The topological polar surface area (TPSA) is 21.3 Å². The molecule has 98 valence electrons. The third-order valence-electron chi connectivity index (χ3n) is 2.91. The standard InChI is InChI=1S/C14H25NOS/c1-7-16-14(5,6)9-15-11(3)13-8-10(2)17-12(13)4/h8,11,15H,7,9H2,1-6H3. The second-order valence-electron chi connectivity index (χ2n) is 5.16. The van der Waals surface area contributed by atoms with Gasteiger partial charge < -0.3 is 10.1 Å². The number of rotatable bonds is 6. The summed E-state index contributed by atoms with van der Waals surface area (Å²) in [6.07, 6.45) is 0. The van der Waals surface area contributed by atoms with Crippen molar-refractivity contribution in [2.45, 2.75) is 53.2 Å². The van der Waals surface area contributed by atoms with E-state index < -0.39 is 0 Å². The summed E-state index contributed by atoms with van der Waals surface area (Å²) >= 11 is 1.87. The summed E-state index contributed by atoms with van der Waals surface area (Å²) in [6, 6.07) is 2.67. The van der Waals surface area contributed by atoms with Crippen LogP contribution in [0.25, 0.3) is 0 Å². The molecule has 1 unspecified atom stereocenters. The number of aryl methyl sites for hydroxylation is 2. The van der Waals surface area contributed by atoms with Crippen molar-refractivity contribution in [1.29, 1.82) is 0 Å². The lowest BCUT2D eigenvalue weighted by atomic mass is 10.1. The molecule has 0 spiro atoms. The Hall–Kier alpha value is -0.380. The summed E-state index contributed by atoms with van der Waals surface area (Å²) in [7, 11) is 0. The van der Waals surface area contributed by atoms with Gasteiger partial charge in [-0.2, -0.15) is 0 Å². The molecule has 0 aliphatic heterocycles. The maximum Gasteiger partial charge on any atom is 0.0750 e. The fraction of sp³-hybridized carbons (Fsp3) is 0.714. The zero-order chi connectivity index (χ0) is 13.1. The van der Waals surface area contributed by atoms with Gasteiger partial charge in [-0.3, -0.25) is 0 Å². The van der Waals surface area contributed by atoms with Gasteiger partial charge in [0.25, 0.3) is 0 Å². The molecule has 1 aromatic heterocycles. The first-order valence-electron chi connectivity index (χ1n) is 6.30. The number of ether oxygens (including phenoxy) is 1. The third-order valence-corrected chi connectivity index (χ3v) is 3.90. The van der Waals surface area contributed by atoms with Crippen LogP contribution in [-0.4, -0.2) is 18.8 Å². The SMILES string of the molecule is CCOC(C)(C)CNC(C)c1cc(C)sc1C. The first-order valence-corrected chi connectivity index (χ1v) is 7.11. The molecular weight excluding hydrogens is 230 g/mol. The highest BCUT2D eigenvalue weighted by molar-refractivity contribution is 7.12. The van der Waals surface area contributed by atoms with Crippen molar-refractivity contribution < 1.29 is 4.74 Å². The Bertz CT molecular complexity index is 357. The molecule has 0 saturated heterocycles. The zero-order valence-corrected chi connectivity index (χ0v) is 12.7. The van der Waals surface area contributed by atoms with Crippen LogP contribution in [0.2, 0.25) is 0 Å². The van der Waals surface area contributed by atoms with Crippen LogP contribution in [0.4, 0.5) is 0 Å². The predicted molar refractivity (Wildman–Crippen MR) is 75.9 cm³/mol. The Morgan fingerprint density at radius 1 is 1.41 bits per heavy atom. The van der Waals surface area contributed by atoms with E-state index in [1.54, 1.807) is 0 Å². The van der Waals surface area contributed by atoms with E-state index >= 15 is 0 Å². The minimum absolute atomic E-state index is 0.0953. The molecule has 1 heterocycles. The van der Waals surface area contributed by atoms with Crippen molar-refractivity contribution in [2.75, 3.05) is 13.2 Å². The largest absolute Gasteiger partial charge is 0.375 e. The molecule has 0 aliphatic rings. The van der Waals surface area contributed by atoms with Gasteiger partial charge >= 0.3 is 0 Å². The van der Waals surface area contributed by atoms with Crippen LogP contribution in [0.1, 0.15) is 49.1 Å². The first-order chi connectivity index (χ1) is 7.85. The van der Waals surface area contributed by atoms with Crippen molar-refractivity contribution in [3.63, 3.8) is 0 Å². The van der Waals surface area contributed by atoms with E-state index in [-0.39, 0.29) is 5.60 Å². The summed E-state index contributed by atoms with van der Waals surface area (Å²) in [4.78, 5) is 2.80. The Labute approximate surface area is 109 Å². The van der Waals surface area contributed by atoms with Crippen molar-refractivity contribution >= 4 is 11.3 Å². The molecule has 0 aliphatic carbocycles. The maximum absolute atomic E-state index is 5.69. The van der Waals surface area contributed by atoms with Crippen LogP contribution in [0.15, 0.2) is 6.07 Å². The molecule has 1 atom stereocenters. The molecule has 1 aromatic rings. The van der Waals surface area contributed by atoms with Crippen LogP contribution in [0.5, 0.6) is 0 Å². The Morgan fingerprint density at radius 3 is 2.53 bits per heavy atom. The van der Waals surface area contributed by atoms with Gasteiger partial charge in [0.15, 0.2) is 0 Å². The van der Waals surface area contributed by atoms with Crippen molar-refractivity contribution in [1.82, 2.24) is 5.32 Å². The molecule has 0 fully saturated rings. The number of nitrogens with one attached hydrogen (secondary N) is 1. The Balaban J connectivity index is 2.55. The average molecular weight is 255 g/mol. The number of hydrogen-bond donors (Lipinski definition) is 1. The second kappa shape index (κ2) is 5.98. The summed E-state index contributed by atoms with van der Waals surface area (Å²) < 4.78 is 5.69. The van der Waals surface area contributed by atoms with E-state index in [9.17, 15) is 0 Å². The minimum atomic E-state index is -0.0953. The van der Waals surface area contributed by atoms with Gasteiger partial charge in [-0.25, -0.2) is 0 Å². The van der Waals surface area contributed by atoms with Gasteiger partial charge in [0.1, 0.15) is 0 Å². The number of thiophene rings is 1. The van der Waals surface area contributed by atoms with Crippen molar-refractivity contribution in [3.8, 4) is 0 Å². The van der Waals surface area contributed by atoms with Gasteiger partial charge in [-0.15, -0.1) is 11.3 Å². The van der Waals surface area contributed by atoms with Crippen LogP contribution in [0, 0.1) is 13.8 Å². The molecule has 2 nitrogen and oxygen atoms in total. The average Bonchev–Trinajstić information content (AvgIpc) is 2.54. The Kier molecular flexibility index (Phi) is 5.17. The van der Waals surface area contributed by atoms with Crippen LogP contribution < -0.4 is 5.32 Å². The highest BCUT2D eigenvalue weighted by Gasteiger charge is 2.19. The third kappa shape index (κ3) is 4.41. The normalized spacial score (nSPS) is 14.0. The van der Waals surface area contributed by atoms with Gasteiger partial charge in [0.05, 0.1) is 5.60 Å². The number of hydrogen-bond acceptors (Lipinski definition) is 3. The molecule has 0 radical (unpaired) electrons. The predicted octanol–water partition coefficient (Wildman–Crippen LogP) is 3.83. The van der Waals surface area contributed by atoms with Crippen molar-refractivity contribution in [2.24, 2.45) is 0 Å². The van der Waals surface area contributed by atoms with Gasteiger partial charge in [-0.1, -0.05) is 0 Å². The minimum Gasteiger partial charge on any atom is -0.375 e. The highest BCUT2D eigenvalue weighted by Crippen LogP contribution is 2.26.